The Labute approximate surface area is 113 Å². The van der Waals surface area contributed by atoms with E-state index in [-0.39, 0.29) is 5.91 Å². The molecule has 1 heterocycles. The summed E-state index contributed by atoms with van der Waals surface area (Å²) in [7, 11) is 0. The molecule has 1 aliphatic heterocycles. The molecule has 2 rings (SSSR count). The third-order valence-electron chi connectivity index (χ3n) is 3.06. The third-order valence-corrected chi connectivity index (χ3v) is 3.06. The quantitative estimate of drug-likeness (QED) is 0.867. The van der Waals surface area contributed by atoms with E-state index in [9.17, 15) is 4.79 Å². The number of ether oxygens (including phenoxy) is 2. The van der Waals surface area contributed by atoms with Crippen molar-refractivity contribution in [2.45, 2.75) is 19.4 Å². The second kappa shape index (κ2) is 6.54. The molecule has 0 aromatic heterocycles. The van der Waals surface area contributed by atoms with Crippen molar-refractivity contribution >= 4 is 11.6 Å². The molecule has 5 nitrogen and oxygen atoms in total. The first-order valence-electron chi connectivity index (χ1n) is 6.62. The first-order valence-corrected chi connectivity index (χ1v) is 6.62. The number of para-hydroxylation sites is 2. The highest BCUT2D eigenvalue weighted by Crippen LogP contribution is 2.30. The van der Waals surface area contributed by atoms with Gasteiger partial charge in [0.2, 0.25) is 0 Å². The van der Waals surface area contributed by atoms with E-state index in [1.807, 2.05) is 31.2 Å². The van der Waals surface area contributed by atoms with Gasteiger partial charge in [-0.25, -0.2) is 0 Å². The fourth-order valence-electron chi connectivity index (χ4n) is 2.20. The van der Waals surface area contributed by atoms with Crippen LogP contribution in [-0.4, -0.2) is 38.3 Å². The van der Waals surface area contributed by atoms with Gasteiger partial charge < -0.3 is 20.1 Å². The van der Waals surface area contributed by atoms with Gasteiger partial charge in [0.15, 0.2) is 0 Å². The second-order valence-corrected chi connectivity index (χ2v) is 4.33. The summed E-state index contributed by atoms with van der Waals surface area (Å²) < 4.78 is 11.0. The highest BCUT2D eigenvalue weighted by atomic mass is 16.5. The minimum Gasteiger partial charge on any atom is -0.492 e. The average Bonchev–Trinajstić information content (AvgIpc) is 2.43. The molecule has 1 saturated heterocycles. The zero-order valence-corrected chi connectivity index (χ0v) is 11.2. The number of nitrogens with two attached hydrogens (primary N) is 1. The molecule has 1 fully saturated rings. The van der Waals surface area contributed by atoms with Gasteiger partial charge in [-0.05, 0) is 32.0 Å². The van der Waals surface area contributed by atoms with Crippen LogP contribution in [0.2, 0.25) is 0 Å². The van der Waals surface area contributed by atoms with Crippen LogP contribution in [0.5, 0.6) is 5.75 Å². The Kier molecular flexibility index (Phi) is 4.76. The van der Waals surface area contributed by atoms with E-state index in [2.05, 4.69) is 0 Å². The predicted molar refractivity (Wildman–Crippen MR) is 73.4 cm³/mol. The van der Waals surface area contributed by atoms with Gasteiger partial charge >= 0.3 is 0 Å². The van der Waals surface area contributed by atoms with Crippen molar-refractivity contribution in [3.63, 3.8) is 0 Å². The molecule has 0 spiro atoms. The van der Waals surface area contributed by atoms with Crippen molar-refractivity contribution < 1.29 is 14.3 Å². The SMILES string of the molecule is CCOc1ccccc1N1CCOC(CCN)C1=O. The Morgan fingerprint density at radius 3 is 3.00 bits per heavy atom. The van der Waals surface area contributed by atoms with Gasteiger partial charge in [-0.1, -0.05) is 12.1 Å². The van der Waals surface area contributed by atoms with Gasteiger partial charge in [-0.2, -0.15) is 0 Å². The fourth-order valence-corrected chi connectivity index (χ4v) is 2.20. The fraction of sp³-hybridized carbons (Fsp3) is 0.500. The molecule has 19 heavy (non-hydrogen) atoms. The molecule has 1 aromatic carbocycles. The lowest BCUT2D eigenvalue weighted by Crippen LogP contribution is -2.48. The summed E-state index contributed by atoms with van der Waals surface area (Å²) in [6.45, 7) is 4.01. The number of carbonyl (C=O) groups excluding carboxylic acids is 1. The summed E-state index contributed by atoms with van der Waals surface area (Å²) in [5, 5.41) is 0. The van der Waals surface area contributed by atoms with Crippen LogP contribution >= 0.6 is 0 Å². The van der Waals surface area contributed by atoms with E-state index in [0.717, 1.165) is 11.4 Å². The zero-order chi connectivity index (χ0) is 13.7. The molecule has 1 aromatic rings. The number of anilines is 1. The van der Waals surface area contributed by atoms with Crippen LogP contribution in [0.4, 0.5) is 5.69 Å². The van der Waals surface area contributed by atoms with E-state index in [1.54, 1.807) is 4.90 Å². The minimum atomic E-state index is -0.437. The number of morpholine rings is 1. The largest absolute Gasteiger partial charge is 0.492 e. The smallest absolute Gasteiger partial charge is 0.256 e. The standard InChI is InChI=1S/C14H20N2O3/c1-2-18-12-6-4-3-5-11(12)16-9-10-19-13(7-8-15)14(16)17/h3-6,13H,2,7-10,15H2,1H3. The van der Waals surface area contributed by atoms with Crippen molar-refractivity contribution in [2.24, 2.45) is 5.73 Å². The molecule has 0 aliphatic carbocycles. The number of hydrogen-bond donors (Lipinski definition) is 1. The Hall–Kier alpha value is -1.59. The molecule has 0 saturated carbocycles. The lowest BCUT2D eigenvalue weighted by atomic mass is 10.1. The molecular formula is C14H20N2O3. The van der Waals surface area contributed by atoms with Gasteiger partial charge in [0.25, 0.3) is 5.91 Å². The van der Waals surface area contributed by atoms with Crippen LogP contribution in [-0.2, 0) is 9.53 Å². The van der Waals surface area contributed by atoms with E-state index in [0.29, 0.717) is 32.7 Å². The van der Waals surface area contributed by atoms with Crippen LogP contribution < -0.4 is 15.4 Å². The Morgan fingerprint density at radius 1 is 1.47 bits per heavy atom. The lowest BCUT2D eigenvalue weighted by molar-refractivity contribution is -0.134. The van der Waals surface area contributed by atoms with Gasteiger partial charge in [0.1, 0.15) is 11.9 Å². The summed E-state index contributed by atoms with van der Waals surface area (Å²) >= 11 is 0. The monoisotopic (exact) mass is 264 g/mol. The normalized spacial score (nSPS) is 19.6. The minimum absolute atomic E-state index is 0.0381. The average molecular weight is 264 g/mol. The molecule has 0 bridgehead atoms. The number of rotatable bonds is 5. The van der Waals surface area contributed by atoms with Crippen LogP contribution in [0, 0.1) is 0 Å². The molecule has 5 heteroatoms. The summed E-state index contributed by atoms with van der Waals surface area (Å²) in [5.41, 5.74) is 6.31. The first kappa shape index (κ1) is 13.8. The highest BCUT2D eigenvalue weighted by Gasteiger charge is 2.31. The molecule has 1 amide bonds. The topological polar surface area (TPSA) is 64.8 Å². The number of benzene rings is 1. The molecule has 2 N–H and O–H groups in total. The van der Waals surface area contributed by atoms with Crippen molar-refractivity contribution in [1.82, 2.24) is 0 Å². The van der Waals surface area contributed by atoms with Gasteiger partial charge in [0, 0.05) is 6.54 Å². The van der Waals surface area contributed by atoms with Crippen LogP contribution in [0.15, 0.2) is 24.3 Å². The van der Waals surface area contributed by atoms with Crippen molar-refractivity contribution in [1.29, 1.82) is 0 Å². The van der Waals surface area contributed by atoms with E-state index >= 15 is 0 Å². The Bertz CT molecular complexity index is 434. The maximum Gasteiger partial charge on any atom is 0.256 e. The van der Waals surface area contributed by atoms with Gasteiger partial charge in [-0.15, -0.1) is 0 Å². The summed E-state index contributed by atoms with van der Waals surface area (Å²) in [4.78, 5) is 14.1. The predicted octanol–water partition coefficient (Wildman–Crippen LogP) is 1.17. The zero-order valence-electron chi connectivity index (χ0n) is 11.2. The van der Waals surface area contributed by atoms with Crippen LogP contribution in [0.3, 0.4) is 0 Å². The molecular weight excluding hydrogens is 244 g/mol. The molecule has 104 valence electrons. The maximum atomic E-state index is 12.4. The summed E-state index contributed by atoms with van der Waals surface area (Å²) in [5.74, 6) is 0.690. The van der Waals surface area contributed by atoms with Crippen LogP contribution in [0.1, 0.15) is 13.3 Å². The molecule has 1 aliphatic rings. The summed E-state index contributed by atoms with van der Waals surface area (Å²) in [6, 6.07) is 7.57. The van der Waals surface area contributed by atoms with E-state index in [1.165, 1.54) is 0 Å². The highest BCUT2D eigenvalue weighted by molar-refractivity contribution is 5.98. The van der Waals surface area contributed by atoms with Crippen molar-refractivity contribution in [3.05, 3.63) is 24.3 Å². The second-order valence-electron chi connectivity index (χ2n) is 4.33. The molecule has 1 atom stereocenters. The molecule has 0 radical (unpaired) electrons. The lowest BCUT2D eigenvalue weighted by Gasteiger charge is -2.33. The summed E-state index contributed by atoms with van der Waals surface area (Å²) in [6.07, 6.45) is 0.111. The van der Waals surface area contributed by atoms with Crippen molar-refractivity contribution in [2.75, 3.05) is 31.2 Å². The van der Waals surface area contributed by atoms with E-state index < -0.39 is 6.10 Å². The molecule has 1 unspecified atom stereocenters. The van der Waals surface area contributed by atoms with E-state index in [4.69, 9.17) is 15.2 Å². The third kappa shape index (κ3) is 3.05. The number of hydrogen-bond acceptors (Lipinski definition) is 4. The number of nitrogens with zero attached hydrogens (tertiary/aromatic N) is 1. The number of amides is 1. The van der Waals surface area contributed by atoms with Crippen molar-refractivity contribution in [3.8, 4) is 5.75 Å². The van der Waals surface area contributed by atoms with Gasteiger partial charge in [0.05, 0.1) is 18.9 Å². The Morgan fingerprint density at radius 2 is 2.26 bits per heavy atom. The maximum absolute atomic E-state index is 12.4. The van der Waals surface area contributed by atoms with Gasteiger partial charge in [-0.3, -0.25) is 4.79 Å². The Balaban J connectivity index is 2.22. The number of carbonyl (C=O) groups is 1. The van der Waals surface area contributed by atoms with Crippen LogP contribution in [0.25, 0.3) is 0 Å². The first-order chi connectivity index (χ1) is 9.27.